The van der Waals surface area contributed by atoms with E-state index in [0.29, 0.717) is 0 Å². The summed E-state index contributed by atoms with van der Waals surface area (Å²) in [4.78, 5) is 2.57. The van der Waals surface area contributed by atoms with Crippen molar-refractivity contribution in [2.45, 2.75) is 51.0 Å². The summed E-state index contributed by atoms with van der Waals surface area (Å²) in [5, 5.41) is 0. The van der Waals surface area contributed by atoms with Gasteiger partial charge in [0.15, 0.2) is 8.32 Å². The van der Waals surface area contributed by atoms with Gasteiger partial charge in [-0.05, 0) is 50.0 Å². The van der Waals surface area contributed by atoms with Gasteiger partial charge in [0, 0.05) is 19.6 Å². The highest BCUT2D eigenvalue weighted by molar-refractivity contribution is 6.69. The topological polar surface area (TPSA) is 12.5 Å². The molecular formula is C22H31NOSi. The summed E-state index contributed by atoms with van der Waals surface area (Å²) >= 11 is 0. The number of nitrogens with zero attached hydrogens (tertiary/aromatic N) is 1. The third-order valence-electron chi connectivity index (χ3n) is 4.88. The van der Waals surface area contributed by atoms with Crippen molar-refractivity contribution in [3.63, 3.8) is 0 Å². The molecule has 2 aromatic rings. The van der Waals surface area contributed by atoms with E-state index in [1.54, 1.807) is 0 Å². The standard InChI is InChI=1S/C22H31NOSi/c1-25(2,3)24-22(15-14-20-10-6-4-7-11-20)16-17-23(19-22)18-21-12-8-5-9-13-21/h4-13H,14-19H2,1-3H3. The molecule has 1 saturated heterocycles. The third-order valence-corrected chi connectivity index (χ3v) is 5.92. The Morgan fingerprint density at radius 1 is 0.920 bits per heavy atom. The summed E-state index contributed by atoms with van der Waals surface area (Å²) in [6.07, 6.45) is 3.37. The minimum atomic E-state index is -1.58. The Balaban J connectivity index is 1.67. The molecule has 1 unspecified atom stereocenters. The van der Waals surface area contributed by atoms with E-state index in [1.807, 2.05) is 0 Å². The van der Waals surface area contributed by atoms with Crippen molar-refractivity contribution in [1.29, 1.82) is 0 Å². The highest BCUT2D eigenvalue weighted by Crippen LogP contribution is 2.34. The minimum absolute atomic E-state index is 0.0229. The van der Waals surface area contributed by atoms with Gasteiger partial charge in [0.05, 0.1) is 5.60 Å². The smallest absolute Gasteiger partial charge is 0.184 e. The SMILES string of the molecule is C[Si](C)(C)OC1(CCc2ccccc2)CCN(Cc2ccccc2)C1. The Kier molecular flexibility index (Phi) is 5.77. The van der Waals surface area contributed by atoms with Gasteiger partial charge >= 0.3 is 0 Å². The van der Waals surface area contributed by atoms with Gasteiger partial charge in [-0.25, -0.2) is 0 Å². The Hall–Kier alpha value is -1.42. The quantitative estimate of drug-likeness (QED) is 0.641. The molecule has 0 spiro atoms. The summed E-state index contributed by atoms with van der Waals surface area (Å²) in [6, 6.07) is 21.6. The Morgan fingerprint density at radius 2 is 1.52 bits per heavy atom. The molecule has 1 heterocycles. The van der Waals surface area contributed by atoms with E-state index in [4.69, 9.17) is 4.43 Å². The average molecular weight is 354 g/mol. The van der Waals surface area contributed by atoms with Gasteiger partial charge in [0.2, 0.25) is 0 Å². The lowest BCUT2D eigenvalue weighted by Crippen LogP contribution is -2.45. The van der Waals surface area contributed by atoms with Crippen LogP contribution in [0.1, 0.15) is 24.0 Å². The van der Waals surface area contributed by atoms with Crippen molar-refractivity contribution in [3.05, 3.63) is 71.8 Å². The first-order chi connectivity index (χ1) is 11.9. The third kappa shape index (κ3) is 5.53. The van der Waals surface area contributed by atoms with Gasteiger partial charge in [-0.1, -0.05) is 60.7 Å². The predicted molar refractivity (Wildman–Crippen MR) is 108 cm³/mol. The van der Waals surface area contributed by atoms with Crippen molar-refractivity contribution in [3.8, 4) is 0 Å². The molecule has 0 saturated carbocycles. The zero-order chi connectivity index (χ0) is 17.8. The fraction of sp³-hybridized carbons (Fsp3) is 0.455. The van der Waals surface area contributed by atoms with Crippen molar-refractivity contribution in [2.24, 2.45) is 0 Å². The second-order valence-corrected chi connectivity index (χ2v) is 12.8. The van der Waals surface area contributed by atoms with Crippen LogP contribution in [0.5, 0.6) is 0 Å². The maximum Gasteiger partial charge on any atom is 0.184 e. The van der Waals surface area contributed by atoms with Crippen molar-refractivity contribution >= 4 is 8.32 Å². The molecule has 2 nitrogen and oxygen atoms in total. The summed E-state index contributed by atoms with van der Waals surface area (Å²) in [7, 11) is -1.58. The fourth-order valence-electron chi connectivity index (χ4n) is 3.91. The maximum absolute atomic E-state index is 6.77. The fourth-order valence-corrected chi connectivity index (χ4v) is 5.48. The van der Waals surface area contributed by atoms with Crippen LogP contribution in [0.3, 0.4) is 0 Å². The number of benzene rings is 2. The van der Waals surface area contributed by atoms with E-state index in [-0.39, 0.29) is 5.60 Å². The van der Waals surface area contributed by atoms with Crippen molar-refractivity contribution < 1.29 is 4.43 Å². The molecule has 1 aliphatic rings. The molecule has 1 fully saturated rings. The lowest BCUT2D eigenvalue weighted by molar-refractivity contribution is 0.0591. The zero-order valence-corrected chi connectivity index (χ0v) is 16.9. The van der Waals surface area contributed by atoms with E-state index >= 15 is 0 Å². The molecule has 0 amide bonds. The largest absolute Gasteiger partial charge is 0.411 e. The first kappa shape index (κ1) is 18.4. The zero-order valence-electron chi connectivity index (χ0n) is 15.9. The second-order valence-electron chi connectivity index (χ2n) is 8.33. The molecule has 134 valence electrons. The van der Waals surface area contributed by atoms with Crippen LogP contribution in [0.4, 0.5) is 0 Å². The molecule has 0 bridgehead atoms. The van der Waals surface area contributed by atoms with Crippen LogP contribution in [0, 0.1) is 0 Å². The number of aryl methyl sites for hydroxylation is 1. The highest BCUT2D eigenvalue weighted by Gasteiger charge is 2.41. The van der Waals surface area contributed by atoms with Gasteiger partial charge < -0.3 is 4.43 Å². The lowest BCUT2D eigenvalue weighted by atomic mass is 9.94. The molecule has 3 heteroatoms. The van der Waals surface area contributed by atoms with E-state index in [1.165, 1.54) is 11.1 Å². The van der Waals surface area contributed by atoms with Crippen LogP contribution >= 0.6 is 0 Å². The summed E-state index contributed by atoms with van der Waals surface area (Å²) in [5.74, 6) is 0. The van der Waals surface area contributed by atoms with E-state index < -0.39 is 8.32 Å². The van der Waals surface area contributed by atoms with E-state index in [9.17, 15) is 0 Å². The van der Waals surface area contributed by atoms with E-state index in [0.717, 1.165) is 38.9 Å². The normalized spacial score (nSPS) is 21.6. The Morgan fingerprint density at radius 3 is 2.12 bits per heavy atom. The molecular weight excluding hydrogens is 322 g/mol. The molecule has 0 aliphatic carbocycles. The molecule has 0 N–H and O–H groups in total. The highest BCUT2D eigenvalue weighted by atomic mass is 28.4. The molecule has 3 rings (SSSR count). The first-order valence-electron chi connectivity index (χ1n) is 9.45. The molecule has 1 aliphatic heterocycles. The molecule has 0 aromatic heterocycles. The van der Waals surface area contributed by atoms with Crippen LogP contribution in [0.15, 0.2) is 60.7 Å². The molecule has 2 aromatic carbocycles. The monoisotopic (exact) mass is 353 g/mol. The number of hydrogen-bond acceptors (Lipinski definition) is 2. The minimum Gasteiger partial charge on any atom is -0.411 e. The van der Waals surface area contributed by atoms with Crippen molar-refractivity contribution in [2.75, 3.05) is 13.1 Å². The van der Waals surface area contributed by atoms with Gasteiger partial charge in [-0.3, -0.25) is 4.90 Å². The van der Waals surface area contributed by atoms with Gasteiger partial charge in [-0.2, -0.15) is 0 Å². The van der Waals surface area contributed by atoms with Crippen LogP contribution in [0.2, 0.25) is 19.6 Å². The first-order valence-corrected chi connectivity index (χ1v) is 12.9. The second kappa shape index (κ2) is 7.86. The van der Waals surface area contributed by atoms with Crippen LogP contribution < -0.4 is 0 Å². The summed E-state index contributed by atoms with van der Waals surface area (Å²) in [6.45, 7) is 10.2. The molecule has 1 atom stereocenters. The number of rotatable bonds is 7. The Bertz CT molecular complexity index is 653. The van der Waals surface area contributed by atoms with Crippen LogP contribution in [0.25, 0.3) is 0 Å². The van der Waals surface area contributed by atoms with Crippen LogP contribution in [-0.2, 0) is 17.4 Å². The van der Waals surface area contributed by atoms with Crippen molar-refractivity contribution in [1.82, 2.24) is 4.90 Å². The molecule has 25 heavy (non-hydrogen) atoms. The maximum atomic E-state index is 6.77. The van der Waals surface area contributed by atoms with Gasteiger partial charge in [0.25, 0.3) is 0 Å². The number of hydrogen-bond donors (Lipinski definition) is 0. The lowest BCUT2D eigenvalue weighted by Gasteiger charge is -2.36. The van der Waals surface area contributed by atoms with E-state index in [2.05, 4.69) is 85.2 Å². The average Bonchev–Trinajstić information content (AvgIpc) is 2.96. The van der Waals surface area contributed by atoms with Gasteiger partial charge in [0.1, 0.15) is 0 Å². The molecule has 0 radical (unpaired) electrons. The number of likely N-dealkylation sites (tertiary alicyclic amines) is 1. The summed E-state index contributed by atoms with van der Waals surface area (Å²) < 4.78 is 6.77. The Labute approximate surface area is 154 Å². The van der Waals surface area contributed by atoms with Gasteiger partial charge in [-0.15, -0.1) is 0 Å². The predicted octanol–water partition coefficient (Wildman–Crippen LogP) is 5.12. The summed E-state index contributed by atoms with van der Waals surface area (Å²) in [5.41, 5.74) is 2.84. The van der Waals surface area contributed by atoms with Crippen LogP contribution in [-0.4, -0.2) is 31.9 Å².